The molecule has 0 saturated heterocycles. The molecule has 6 nitrogen and oxygen atoms in total. The van der Waals surface area contributed by atoms with Gasteiger partial charge in [0.1, 0.15) is 11.6 Å². The summed E-state index contributed by atoms with van der Waals surface area (Å²) in [6.45, 7) is 10.5. The summed E-state index contributed by atoms with van der Waals surface area (Å²) in [6.07, 6.45) is 1.89. The van der Waals surface area contributed by atoms with Crippen LogP contribution in [0.5, 0.6) is 0 Å². The van der Waals surface area contributed by atoms with Gasteiger partial charge in [-0.15, -0.1) is 46.7 Å². The quantitative estimate of drug-likeness (QED) is 0.123. The topological polar surface area (TPSA) is 53.5 Å². The minimum absolute atomic E-state index is 0. The zero-order chi connectivity index (χ0) is 40.6. The van der Waals surface area contributed by atoms with E-state index in [9.17, 15) is 0 Å². The number of aromatic nitrogens is 6. The Kier molecular flexibility index (Phi) is 9.40. The number of benzene rings is 7. The van der Waals surface area contributed by atoms with Crippen LogP contribution in [-0.2, 0) is 20.4 Å². The third-order valence-corrected chi connectivity index (χ3v) is 11.7. The number of hydrogen-bond acceptors (Lipinski definition) is 3. The van der Waals surface area contributed by atoms with E-state index in [0.29, 0.717) is 5.82 Å². The van der Waals surface area contributed by atoms with Crippen LogP contribution in [0.1, 0.15) is 28.1 Å². The van der Waals surface area contributed by atoms with Crippen molar-refractivity contribution in [2.24, 2.45) is 0 Å². The maximum absolute atomic E-state index is 4.99. The number of nitrogens with zero attached hydrogens (tertiary/aromatic N) is 6. The molecule has 0 N–H and O–H groups in total. The van der Waals surface area contributed by atoms with Crippen molar-refractivity contribution in [3.8, 4) is 50.8 Å². The van der Waals surface area contributed by atoms with Crippen molar-refractivity contribution in [2.75, 3.05) is 0 Å². The van der Waals surface area contributed by atoms with E-state index in [1.807, 2.05) is 23.9 Å². The van der Waals surface area contributed by atoms with Gasteiger partial charge in [-0.25, -0.2) is 4.98 Å². The van der Waals surface area contributed by atoms with Gasteiger partial charge in [-0.05, 0) is 114 Å². The van der Waals surface area contributed by atoms with E-state index in [0.717, 1.165) is 94.4 Å². The number of rotatable bonds is 6. The first-order valence-electron chi connectivity index (χ1n) is 20.4. The molecule has 0 unspecified atom stereocenters. The van der Waals surface area contributed by atoms with Gasteiger partial charge in [0.05, 0.1) is 11.5 Å². The molecule has 0 saturated carbocycles. The number of fused-ring (bicyclic) bond motifs is 6. The first-order valence-corrected chi connectivity index (χ1v) is 20.4. The summed E-state index contributed by atoms with van der Waals surface area (Å²) < 4.78 is 6.56. The van der Waals surface area contributed by atoms with Crippen molar-refractivity contribution in [1.82, 2.24) is 28.9 Å². The van der Waals surface area contributed by atoms with Crippen molar-refractivity contribution in [2.45, 2.75) is 34.6 Å². The van der Waals surface area contributed by atoms with Gasteiger partial charge in [0.25, 0.3) is 0 Å². The van der Waals surface area contributed by atoms with E-state index in [2.05, 4.69) is 188 Å². The second kappa shape index (κ2) is 15.0. The smallest absolute Gasteiger partial charge is 0.352 e. The van der Waals surface area contributed by atoms with Crippen LogP contribution in [0.4, 0.5) is 0 Å². The van der Waals surface area contributed by atoms with Gasteiger partial charge in [-0.1, -0.05) is 114 Å². The fraction of sp³-hybridized carbons (Fsp3) is 0.0926. The molecule has 0 aliphatic heterocycles. The molecule has 7 heteroatoms. The molecule has 7 aromatic carbocycles. The maximum atomic E-state index is 4.99. The minimum atomic E-state index is 0. The van der Waals surface area contributed by atoms with E-state index in [4.69, 9.17) is 15.1 Å². The molecule has 11 aromatic rings. The normalized spacial score (nSPS) is 11.6. The Bertz CT molecular complexity index is 3460. The molecule has 0 bridgehead atoms. The Hall–Kier alpha value is -6.91. The summed E-state index contributed by atoms with van der Waals surface area (Å²) in [5.41, 5.74) is 16.2. The predicted molar refractivity (Wildman–Crippen MR) is 245 cm³/mol. The van der Waals surface area contributed by atoms with Gasteiger partial charge in [0.2, 0.25) is 0 Å². The van der Waals surface area contributed by atoms with Crippen LogP contribution >= 0.6 is 0 Å². The third kappa shape index (κ3) is 6.41. The number of pyridine rings is 1. The predicted octanol–water partition coefficient (Wildman–Crippen LogP) is 13.0. The molecule has 0 amide bonds. The summed E-state index contributed by atoms with van der Waals surface area (Å²) in [5, 5.41) is 9.45. The summed E-state index contributed by atoms with van der Waals surface area (Å²) in [5.74, 6) is 2.32. The summed E-state index contributed by atoms with van der Waals surface area (Å²) in [6, 6.07) is 59.8. The van der Waals surface area contributed by atoms with Crippen LogP contribution < -0.4 is 0 Å². The van der Waals surface area contributed by atoms with E-state index in [1.165, 1.54) is 22.3 Å². The first-order chi connectivity index (χ1) is 29.3. The van der Waals surface area contributed by atoms with Crippen LogP contribution in [-0.4, -0.2) is 28.9 Å². The molecule has 61 heavy (non-hydrogen) atoms. The van der Waals surface area contributed by atoms with Gasteiger partial charge in [-0.3, -0.25) is 9.67 Å². The summed E-state index contributed by atoms with van der Waals surface area (Å²) >= 11 is 0. The maximum Gasteiger partial charge on any atom is 2.00 e. The van der Waals surface area contributed by atoms with E-state index < -0.39 is 0 Å². The molecule has 0 fully saturated rings. The second-order valence-electron chi connectivity index (χ2n) is 15.9. The van der Waals surface area contributed by atoms with Gasteiger partial charge >= 0.3 is 20.4 Å². The van der Waals surface area contributed by atoms with Crippen LogP contribution in [0, 0.1) is 46.8 Å². The molecule has 296 valence electrons. The number of hydrogen-bond donors (Lipinski definition) is 0. The SMILES string of the molecule is Cc1ccnc(-n2c3[c-]c4c(cc3c3cc(-c5ccccc5)ccc32)c2cc(-c3ccccc3)ccc2n4-c2[c-]c(-c3nc(C)nn3-c3c(C)cc(C)cc3C)ccc2)c1.[Pd+2]. The van der Waals surface area contributed by atoms with Crippen LogP contribution in [0.3, 0.4) is 0 Å². The van der Waals surface area contributed by atoms with Crippen molar-refractivity contribution in [3.63, 3.8) is 0 Å². The molecule has 4 heterocycles. The Labute approximate surface area is 368 Å². The van der Waals surface area contributed by atoms with Crippen LogP contribution in [0.25, 0.3) is 94.4 Å². The van der Waals surface area contributed by atoms with Gasteiger partial charge in [0, 0.05) is 17.2 Å². The number of aryl methyl sites for hydroxylation is 5. The molecular weight excluding hydrogens is 839 g/mol. The standard InChI is InChI=1S/C54H40N6.Pd/c1-33-23-24-55-52(27-33)59-49-22-20-41(39-15-10-7-11-16-39)30-45(49)47-31-46-44-29-40(38-13-8-6-9-14-38)19-21-48(44)58(50(46)32-51(47)59)43-18-12-17-42(28-43)54-56-37(5)57-60(54)53-35(3)25-34(2)26-36(53)4;/h6-27,29-31H,1-5H3;/q-2;+2. The molecule has 0 aliphatic rings. The Morgan fingerprint density at radius 1 is 0.492 bits per heavy atom. The van der Waals surface area contributed by atoms with Crippen molar-refractivity contribution < 1.29 is 20.4 Å². The van der Waals surface area contributed by atoms with E-state index >= 15 is 0 Å². The Morgan fingerprint density at radius 2 is 1.10 bits per heavy atom. The fourth-order valence-corrected chi connectivity index (χ4v) is 9.15. The molecule has 4 aromatic heterocycles. The molecular formula is C54H40N6Pd. The zero-order valence-electron chi connectivity index (χ0n) is 34.4. The van der Waals surface area contributed by atoms with Crippen LogP contribution in [0.2, 0.25) is 0 Å². The summed E-state index contributed by atoms with van der Waals surface area (Å²) in [7, 11) is 0. The first kappa shape index (κ1) is 38.3. The molecule has 0 spiro atoms. The molecule has 11 rings (SSSR count). The molecule has 0 radical (unpaired) electrons. The average molecular weight is 879 g/mol. The fourth-order valence-electron chi connectivity index (χ4n) is 9.15. The molecule has 0 aliphatic carbocycles. The minimum Gasteiger partial charge on any atom is -0.352 e. The van der Waals surface area contributed by atoms with E-state index in [1.54, 1.807) is 0 Å². The van der Waals surface area contributed by atoms with E-state index in [-0.39, 0.29) is 20.4 Å². The van der Waals surface area contributed by atoms with Crippen molar-refractivity contribution >= 4 is 43.6 Å². The largest absolute Gasteiger partial charge is 2.00 e. The second-order valence-corrected chi connectivity index (χ2v) is 15.9. The summed E-state index contributed by atoms with van der Waals surface area (Å²) in [4.78, 5) is 9.92. The van der Waals surface area contributed by atoms with Crippen LogP contribution in [0.15, 0.2) is 152 Å². The van der Waals surface area contributed by atoms with Gasteiger partial charge in [0.15, 0.2) is 0 Å². The van der Waals surface area contributed by atoms with Crippen molar-refractivity contribution in [3.05, 3.63) is 192 Å². The molecule has 0 atom stereocenters. The average Bonchev–Trinajstić information content (AvgIpc) is 3.91. The Morgan fingerprint density at radius 3 is 1.72 bits per heavy atom. The Balaban J connectivity index is 0.00000445. The third-order valence-electron chi connectivity index (χ3n) is 11.7. The van der Waals surface area contributed by atoms with Crippen molar-refractivity contribution in [1.29, 1.82) is 0 Å². The zero-order valence-corrected chi connectivity index (χ0v) is 36.0. The van der Waals surface area contributed by atoms with Gasteiger partial charge in [-0.2, -0.15) is 11.2 Å². The van der Waals surface area contributed by atoms with Gasteiger partial charge < -0.3 is 9.13 Å². The monoisotopic (exact) mass is 878 g/mol.